The molecule has 2 aromatic rings. The van der Waals surface area contributed by atoms with Gasteiger partial charge in [0.05, 0.1) is 11.1 Å². The summed E-state index contributed by atoms with van der Waals surface area (Å²) < 4.78 is 1.95. The number of non-ortho nitro benzene ring substituents is 1. The molecular weight excluding hydrogens is 290 g/mol. The molecule has 1 aromatic heterocycles. The molecule has 1 aromatic carbocycles. The van der Waals surface area contributed by atoms with E-state index < -0.39 is 4.92 Å². The van der Waals surface area contributed by atoms with Crippen LogP contribution in [0, 0.1) is 14.9 Å². The van der Waals surface area contributed by atoms with Crippen LogP contribution in [-0.4, -0.2) is 26.0 Å². The Morgan fingerprint density at radius 2 is 2.38 bits per heavy atom. The van der Waals surface area contributed by atoms with Gasteiger partial charge in [0.2, 0.25) is 4.77 Å². The summed E-state index contributed by atoms with van der Waals surface area (Å²) in [5.74, 6) is 0.753. The van der Waals surface area contributed by atoms with Crippen molar-refractivity contribution in [2.24, 2.45) is 5.10 Å². The fourth-order valence-corrected chi connectivity index (χ4v) is 1.98. The molecule has 1 N–H and O–H groups in total. The van der Waals surface area contributed by atoms with Crippen molar-refractivity contribution >= 4 is 24.1 Å². The normalized spacial score (nSPS) is 11.1. The topological polar surface area (TPSA) is 89.1 Å². The van der Waals surface area contributed by atoms with Crippen molar-refractivity contribution in [1.29, 1.82) is 0 Å². The molecule has 0 saturated heterocycles. The maximum absolute atomic E-state index is 10.7. The van der Waals surface area contributed by atoms with Crippen LogP contribution < -0.4 is 0 Å². The van der Waals surface area contributed by atoms with Gasteiger partial charge in [-0.1, -0.05) is 25.5 Å². The molecule has 0 amide bonds. The third-order valence-electron chi connectivity index (χ3n) is 2.87. The van der Waals surface area contributed by atoms with E-state index in [1.807, 2.05) is 0 Å². The number of aromatic nitrogens is 3. The molecule has 7 nitrogen and oxygen atoms in total. The number of nitrogens with one attached hydrogen (secondary N) is 1. The van der Waals surface area contributed by atoms with Crippen molar-refractivity contribution in [1.82, 2.24) is 14.9 Å². The highest BCUT2D eigenvalue weighted by molar-refractivity contribution is 7.71. The van der Waals surface area contributed by atoms with E-state index in [0.717, 1.165) is 25.1 Å². The number of nitro groups is 1. The zero-order chi connectivity index (χ0) is 15.2. The SMILES string of the molecule is CCCCc1n[nH]c(=S)n1/N=C\c1cccc([N+](=O)[O-])c1. The van der Waals surface area contributed by atoms with Crippen LogP contribution in [0.3, 0.4) is 0 Å². The molecule has 0 unspecified atom stereocenters. The van der Waals surface area contributed by atoms with Crippen LogP contribution in [0.5, 0.6) is 0 Å². The second-order valence-corrected chi connectivity index (χ2v) is 4.84. The molecular formula is C13H15N5O2S. The van der Waals surface area contributed by atoms with Crippen molar-refractivity contribution in [3.63, 3.8) is 0 Å². The first-order chi connectivity index (χ1) is 10.1. The van der Waals surface area contributed by atoms with Gasteiger partial charge in [-0.25, -0.2) is 0 Å². The number of H-pyrrole nitrogens is 1. The molecule has 0 saturated carbocycles. The summed E-state index contributed by atoms with van der Waals surface area (Å²) in [6.07, 6.45) is 4.35. The molecule has 0 radical (unpaired) electrons. The Morgan fingerprint density at radius 3 is 3.10 bits per heavy atom. The number of benzene rings is 1. The van der Waals surface area contributed by atoms with Crippen molar-refractivity contribution < 1.29 is 4.92 Å². The monoisotopic (exact) mass is 305 g/mol. The first kappa shape index (κ1) is 15.0. The fourth-order valence-electron chi connectivity index (χ4n) is 1.78. The lowest BCUT2D eigenvalue weighted by atomic mass is 10.2. The molecule has 8 heteroatoms. The van der Waals surface area contributed by atoms with Crippen molar-refractivity contribution in [3.8, 4) is 0 Å². The average molecular weight is 305 g/mol. The smallest absolute Gasteiger partial charge is 0.258 e. The molecule has 21 heavy (non-hydrogen) atoms. The van der Waals surface area contributed by atoms with Gasteiger partial charge in [0, 0.05) is 24.1 Å². The van der Waals surface area contributed by atoms with Crippen molar-refractivity contribution in [2.75, 3.05) is 0 Å². The van der Waals surface area contributed by atoms with Crippen LogP contribution in [0.25, 0.3) is 0 Å². The van der Waals surface area contributed by atoms with E-state index in [2.05, 4.69) is 22.2 Å². The van der Waals surface area contributed by atoms with Crippen LogP contribution in [0.4, 0.5) is 5.69 Å². The number of rotatable bonds is 6. The van der Waals surface area contributed by atoms with Gasteiger partial charge in [0.25, 0.3) is 5.69 Å². The standard InChI is InChI=1S/C13H15N5O2S/c1-2-3-7-12-15-16-13(21)17(12)14-9-10-5-4-6-11(8-10)18(19)20/h4-6,8-9H,2-3,7H2,1H3,(H,16,21)/b14-9-. The number of nitro benzene ring substituents is 1. The van der Waals surface area contributed by atoms with Crippen LogP contribution in [-0.2, 0) is 6.42 Å². The molecule has 0 atom stereocenters. The fraction of sp³-hybridized carbons (Fsp3) is 0.308. The third-order valence-corrected chi connectivity index (χ3v) is 3.14. The summed E-state index contributed by atoms with van der Waals surface area (Å²) in [5.41, 5.74) is 0.662. The van der Waals surface area contributed by atoms with Gasteiger partial charge >= 0.3 is 0 Å². The maximum atomic E-state index is 10.7. The summed E-state index contributed by atoms with van der Waals surface area (Å²) in [6, 6.07) is 6.25. The molecule has 0 bridgehead atoms. The van der Waals surface area contributed by atoms with Crippen LogP contribution in [0.1, 0.15) is 31.2 Å². The number of hydrogen-bond donors (Lipinski definition) is 1. The maximum Gasteiger partial charge on any atom is 0.270 e. The molecule has 0 aliphatic heterocycles. The summed E-state index contributed by atoms with van der Waals surface area (Å²) in [5, 5.41) is 21.8. The lowest BCUT2D eigenvalue weighted by Crippen LogP contribution is -1.99. The lowest BCUT2D eigenvalue weighted by molar-refractivity contribution is -0.384. The van der Waals surface area contributed by atoms with E-state index in [4.69, 9.17) is 12.2 Å². The van der Waals surface area contributed by atoms with Gasteiger partial charge < -0.3 is 0 Å². The van der Waals surface area contributed by atoms with Gasteiger partial charge in [-0.2, -0.15) is 14.9 Å². The Balaban J connectivity index is 2.25. The molecule has 0 spiro atoms. The third kappa shape index (κ3) is 3.82. The Kier molecular flexibility index (Phi) is 4.94. The number of aromatic amines is 1. The van der Waals surface area contributed by atoms with Crippen molar-refractivity contribution in [2.45, 2.75) is 26.2 Å². The van der Waals surface area contributed by atoms with Crippen LogP contribution >= 0.6 is 12.2 Å². The number of hydrogen-bond acceptors (Lipinski definition) is 5. The highest BCUT2D eigenvalue weighted by Gasteiger charge is 2.06. The zero-order valence-electron chi connectivity index (χ0n) is 11.5. The average Bonchev–Trinajstić information content (AvgIpc) is 2.83. The minimum Gasteiger partial charge on any atom is -0.258 e. The van der Waals surface area contributed by atoms with E-state index in [0.29, 0.717) is 10.3 Å². The number of aryl methyl sites for hydroxylation is 1. The number of unbranched alkanes of at least 4 members (excludes halogenated alkanes) is 1. The summed E-state index contributed by atoms with van der Waals surface area (Å²) >= 11 is 5.13. The molecule has 1 heterocycles. The Labute approximate surface area is 126 Å². The van der Waals surface area contributed by atoms with Gasteiger partial charge in [-0.05, 0) is 18.6 Å². The molecule has 0 aliphatic carbocycles. The van der Waals surface area contributed by atoms with Gasteiger partial charge in [0.15, 0.2) is 5.82 Å². The highest BCUT2D eigenvalue weighted by Crippen LogP contribution is 2.12. The first-order valence-electron chi connectivity index (χ1n) is 6.57. The summed E-state index contributed by atoms with van der Waals surface area (Å²) in [7, 11) is 0. The second kappa shape index (κ2) is 6.89. The largest absolute Gasteiger partial charge is 0.270 e. The Hall–Kier alpha value is -2.35. The van der Waals surface area contributed by atoms with E-state index >= 15 is 0 Å². The number of nitrogens with zero attached hydrogens (tertiary/aromatic N) is 4. The quantitative estimate of drug-likeness (QED) is 0.384. The van der Waals surface area contributed by atoms with E-state index in [1.54, 1.807) is 16.8 Å². The minimum absolute atomic E-state index is 0.0287. The van der Waals surface area contributed by atoms with Gasteiger partial charge in [-0.3, -0.25) is 15.2 Å². The lowest BCUT2D eigenvalue weighted by Gasteiger charge is -1.99. The molecule has 2 rings (SSSR count). The zero-order valence-corrected chi connectivity index (χ0v) is 12.3. The Morgan fingerprint density at radius 1 is 1.57 bits per heavy atom. The summed E-state index contributed by atoms with van der Waals surface area (Å²) in [6.45, 7) is 2.10. The van der Waals surface area contributed by atoms with E-state index in [1.165, 1.54) is 18.3 Å². The second-order valence-electron chi connectivity index (χ2n) is 4.46. The summed E-state index contributed by atoms with van der Waals surface area (Å²) in [4.78, 5) is 10.3. The Bertz CT molecular complexity index is 719. The highest BCUT2D eigenvalue weighted by atomic mass is 32.1. The van der Waals surface area contributed by atoms with Gasteiger partial charge in [0.1, 0.15) is 0 Å². The van der Waals surface area contributed by atoms with Gasteiger partial charge in [-0.15, -0.1) is 0 Å². The van der Waals surface area contributed by atoms with Crippen LogP contribution in [0.2, 0.25) is 0 Å². The minimum atomic E-state index is -0.437. The van der Waals surface area contributed by atoms with E-state index in [-0.39, 0.29) is 5.69 Å². The predicted molar refractivity (Wildman–Crippen MR) is 82.1 cm³/mol. The van der Waals surface area contributed by atoms with Crippen LogP contribution in [0.15, 0.2) is 29.4 Å². The molecule has 0 fully saturated rings. The molecule has 0 aliphatic rings. The first-order valence-corrected chi connectivity index (χ1v) is 6.97. The van der Waals surface area contributed by atoms with Crippen molar-refractivity contribution in [3.05, 3.63) is 50.5 Å². The van der Waals surface area contributed by atoms with E-state index in [9.17, 15) is 10.1 Å². The molecule has 110 valence electrons. The predicted octanol–water partition coefficient (Wildman–Crippen LogP) is 3.07.